The van der Waals surface area contributed by atoms with Crippen LogP contribution in [0.15, 0.2) is 53.6 Å². The third-order valence-electron chi connectivity index (χ3n) is 4.79. The summed E-state index contributed by atoms with van der Waals surface area (Å²) in [5.41, 5.74) is 1.12. The predicted octanol–water partition coefficient (Wildman–Crippen LogP) is 1.76. The van der Waals surface area contributed by atoms with Crippen LogP contribution < -0.4 is 10.3 Å². The van der Waals surface area contributed by atoms with Crippen molar-refractivity contribution < 1.29 is 4.79 Å². The van der Waals surface area contributed by atoms with Gasteiger partial charge < -0.3 is 14.8 Å². The van der Waals surface area contributed by atoms with Crippen LogP contribution in [0.1, 0.15) is 15.9 Å². The Morgan fingerprint density at radius 3 is 2.67 bits per heavy atom. The number of carbonyl (C=O) groups is 1. The van der Waals surface area contributed by atoms with Crippen molar-refractivity contribution in [1.29, 1.82) is 5.26 Å². The zero-order valence-electron chi connectivity index (χ0n) is 14.6. The summed E-state index contributed by atoms with van der Waals surface area (Å²) in [5, 5.41) is 9.74. The third kappa shape index (κ3) is 3.02. The molecule has 1 aliphatic rings. The van der Waals surface area contributed by atoms with Gasteiger partial charge in [-0.25, -0.2) is 4.98 Å². The number of amides is 1. The van der Waals surface area contributed by atoms with Crippen molar-refractivity contribution >= 4 is 22.6 Å². The predicted molar refractivity (Wildman–Crippen MR) is 102 cm³/mol. The van der Waals surface area contributed by atoms with Crippen LogP contribution in [0, 0.1) is 11.3 Å². The van der Waals surface area contributed by atoms with Crippen molar-refractivity contribution in [3.63, 3.8) is 0 Å². The Balaban J connectivity index is 1.53. The first-order chi connectivity index (χ1) is 13.2. The van der Waals surface area contributed by atoms with Crippen molar-refractivity contribution in [1.82, 2.24) is 14.9 Å². The van der Waals surface area contributed by atoms with Gasteiger partial charge in [-0.3, -0.25) is 9.59 Å². The van der Waals surface area contributed by atoms with Crippen LogP contribution in [0.4, 0.5) is 5.82 Å². The number of nitrogens with zero attached hydrogens (tertiary/aromatic N) is 4. The zero-order chi connectivity index (χ0) is 18.8. The normalized spacial score (nSPS) is 14.2. The summed E-state index contributed by atoms with van der Waals surface area (Å²) in [7, 11) is 0. The number of H-pyrrole nitrogens is 1. The summed E-state index contributed by atoms with van der Waals surface area (Å²) in [5.74, 6) is 0.360. The second kappa shape index (κ2) is 6.92. The number of carbonyl (C=O) groups excluding carboxylic acids is 1. The van der Waals surface area contributed by atoms with E-state index in [2.05, 4.69) is 16.0 Å². The molecule has 1 fully saturated rings. The van der Waals surface area contributed by atoms with Crippen molar-refractivity contribution in [3.05, 3.63) is 70.1 Å². The summed E-state index contributed by atoms with van der Waals surface area (Å²) < 4.78 is 0. The lowest BCUT2D eigenvalue weighted by atomic mass is 10.1. The molecule has 1 aliphatic heterocycles. The number of pyridine rings is 2. The van der Waals surface area contributed by atoms with E-state index < -0.39 is 0 Å². The van der Waals surface area contributed by atoms with Gasteiger partial charge in [0.15, 0.2) is 0 Å². The number of para-hydroxylation sites is 1. The Morgan fingerprint density at radius 2 is 1.89 bits per heavy atom. The molecular weight excluding hydrogens is 342 g/mol. The lowest BCUT2D eigenvalue weighted by molar-refractivity contribution is 0.0745. The van der Waals surface area contributed by atoms with Gasteiger partial charge in [0.1, 0.15) is 17.5 Å². The van der Waals surface area contributed by atoms with Gasteiger partial charge in [-0.15, -0.1) is 0 Å². The summed E-state index contributed by atoms with van der Waals surface area (Å²) >= 11 is 0. The van der Waals surface area contributed by atoms with Crippen molar-refractivity contribution in [2.24, 2.45) is 0 Å². The number of fused-ring (bicyclic) bond motifs is 1. The molecule has 27 heavy (non-hydrogen) atoms. The fourth-order valence-electron chi connectivity index (χ4n) is 3.35. The first kappa shape index (κ1) is 16.8. The summed E-state index contributed by atoms with van der Waals surface area (Å²) in [6.07, 6.45) is 3.15. The zero-order valence-corrected chi connectivity index (χ0v) is 14.6. The number of rotatable bonds is 2. The molecule has 0 unspecified atom stereocenters. The Bertz CT molecular complexity index is 1110. The number of aromatic nitrogens is 2. The van der Waals surface area contributed by atoms with Crippen LogP contribution in [0.3, 0.4) is 0 Å². The van der Waals surface area contributed by atoms with Crippen LogP contribution in [0.2, 0.25) is 0 Å². The van der Waals surface area contributed by atoms with E-state index in [-0.39, 0.29) is 16.9 Å². The molecule has 0 saturated carbocycles. The van der Waals surface area contributed by atoms with Crippen molar-refractivity contribution in [2.75, 3.05) is 31.1 Å². The molecule has 1 N–H and O–H groups in total. The number of hydrogen-bond donors (Lipinski definition) is 1. The number of nitrogens with one attached hydrogen (secondary N) is 1. The van der Waals surface area contributed by atoms with Crippen LogP contribution >= 0.6 is 0 Å². The van der Waals surface area contributed by atoms with E-state index >= 15 is 0 Å². The van der Waals surface area contributed by atoms with E-state index in [1.54, 1.807) is 35.4 Å². The summed E-state index contributed by atoms with van der Waals surface area (Å²) in [6, 6.07) is 12.8. The molecule has 0 aliphatic carbocycles. The van der Waals surface area contributed by atoms with Gasteiger partial charge in [0.25, 0.3) is 5.91 Å². The van der Waals surface area contributed by atoms with Crippen LogP contribution in [0.5, 0.6) is 0 Å². The SMILES string of the molecule is N#Cc1cccnc1N1CCN(C(=O)c2c[nH]c3ccccc3c2=O)CC1. The van der Waals surface area contributed by atoms with Gasteiger partial charge in [-0.05, 0) is 24.3 Å². The first-order valence-electron chi connectivity index (χ1n) is 8.69. The molecule has 1 amide bonds. The Labute approximate surface area is 155 Å². The molecule has 0 spiro atoms. The average Bonchev–Trinajstić information content (AvgIpc) is 2.74. The number of anilines is 1. The number of benzene rings is 1. The number of nitriles is 1. The van der Waals surface area contributed by atoms with Crippen LogP contribution in [-0.2, 0) is 0 Å². The van der Waals surface area contributed by atoms with E-state index in [0.717, 1.165) is 0 Å². The smallest absolute Gasteiger partial charge is 0.259 e. The number of piperazine rings is 1. The molecule has 2 aromatic heterocycles. The quantitative estimate of drug-likeness (QED) is 0.752. The van der Waals surface area contributed by atoms with E-state index in [9.17, 15) is 14.9 Å². The minimum absolute atomic E-state index is 0.151. The number of aromatic amines is 1. The highest BCUT2D eigenvalue weighted by atomic mass is 16.2. The molecule has 7 heteroatoms. The van der Waals surface area contributed by atoms with Gasteiger partial charge in [-0.2, -0.15) is 5.26 Å². The molecule has 134 valence electrons. The molecular formula is C20H17N5O2. The van der Waals surface area contributed by atoms with Crippen molar-refractivity contribution in [2.45, 2.75) is 0 Å². The fraction of sp³-hybridized carbons (Fsp3) is 0.200. The first-order valence-corrected chi connectivity index (χ1v) is 8.69. The largest absolute Gasteiger partial charge is 0.360 e. The minimum Gasteiger partial charge on any atom is -0.360 e. The van der Waals surface area contributed by atoms with E-state index in [1.807, 2.05) is 17.0 Å². The minimum atomic E-state index is -0.275. The second-order valence-electron chi connectivity index (χ2n) is 6.34. The highest BCUT2D eigenvalue weighted by molar-refractivity contribution is 5.97. The van der Waals surface area contributed by atoms with Gasteiger partial charge in [0.2, 0.25) is 5.43 Å². The van der Waals surface area contributed by atoms with Crippen molar-refractivity contribution in [3.8, 4) is 6.07 Å². The Hall–Kier alpha value is -3.66. The summed E-state index contributed by atoms with van der Waals surface area (Å²) in [4.78, 5) is 36.5. The van der Waals surface area contributed by atoms with Crippen LogP contribution in [0.25, 0.3) is 10.9 Å². The Kier molecular flexibility index (Phi) is 4.30. The van der Waals surface area contributed by atoms with Gasteiger partial charge in [0.05, 0.1) is 5.56 Å². The van der Waals surface area contributed by atoms with Gasteiger partial charge >= 0.3 is 0 Å². The third-order valence-corrected chi connectivity index (χ3v) is 4.79. The highest BCUT2D eigenvalue weighted by Crippen LogP contribution is 2.18. The molecule has 0 radical (unpaired) electrons. The molecule has 7 nitrogen and oxygen atoms in total. The molecule has 1 aromatic carbocycles. The monoisotopic (exact) mass is 359 g/mol. The lowest BCUT2D eigenvalue weighted by Gasteiger charge is -2.35. The second-order valence-corrected chi connectivity index (χ2v) is 6.34. The molecule has 3 heterocycles. The molecule has 1 saturated heterocycles. The lowest BCUT2D eigenvalue weighted by Crippen LogP contribution is -2.50. The standard InChI is InChI=1S/C20H17N5O2/c21-12-14-4-3-7-22-19(14)24-8-10-25(11-9-24)20(27)16-13-23-17-6-2-1-5-15(17)18(16)26/h1-7,13H,8-11H2,(H,23,26). The van der Waals surface area contributed by atoms with Gasteiger partial charge in [-0.1, -0.05) is 12.1 Å². The average molecular weight is 359 g/mol. The van der Waals surface area contributed by atoms with Crippen LogP contribution in [-0.4, -0.2) is 47.0 Å². The topological polar surface area (TPSA) is 93.1 Å². The van der Waals surface area contributed by atoms with E-state index in [0.29, 0.717) is 48.5 Å². The van der Waals surface area contributed by atoms with E-state index in [1.165, 1.54) is 6.20 Å². The maximum Gasteiger partial charge on any atom is 0.259 e. The molecule has 4 rings (SSSR count). The number of hydrogen-bond acceptors (Lipinski definition) is 5. The van der Waals surface area contributed by atoms with Gasteiger partial charge in [0, 0.05) is 49.5 Å². The maximum atomic E-state index is 12.8. The summed E-state index contributed by atoms with van der Waals surface area (Å²) in [6.45, 7) is 2.05. The molecule has 0 atom stereocenters. The Morgan fingerprint density at radius 1 is 1.11 bits per heavy atom. The van der Waals surface area contributed by atoms with E-state index in [4.69, 9.17) is 0 Å². The fourth-order valence-corrected chi connectivity index (χ4v) is 3.35. The maximum absolute atomic E-state index is 12.8. The highest BCUT2D eigenvalue weighted by Gasteiger charge is 2.25. The molecule has 0 bridgehead atoms. The molecule has 3 aromatic rings.